The Morgan fingerprint density at radius 1 is 1.27 bits per heavy atom. The van der Waals surface area contributed by atoms with Gasteiger partial charge in [-0.3, -0.25) is 9.59 Å². The minimum absolute atomic E-state index is 0. The maximum Gasteiger partial charge on any atom is 0.314 e. The van der Waals surface area contributed by atoms with E-state index in [-0.39, 0.29) is 30.4 Å². The van der Waals surface area contributed by atoms with Crippen molar-refractivity contribution in [2.45, 2.75) is 32.5 Å². The van der Waals surface area contributed by atoms with E-state index in [1.807, 2.05) is 30.3 Å². The molecule has 1 fully saturated rings. The first-order valence-corrected chi connectivity index (χ1v) is 7.10. The Labute approximate surface area is 136 Å². The van der Waals surface area contributed by atoms with E-state index in [0.29, 0.717) is 6.54 Å². The van der Waals surface area contributed by atoms with Crippen molar-refractivity contribution in [3.05, 3.63) is 35.9 Å². The lowest BCUT2D eigenvalue weighted by Gasteiger charge is -2.38. The smallest absolute Gasteiger partial charge is 0.314 e. The van der Waals surface area contributed by atoms with E-state index >= 15 is 0 Å². The monoisotopic (exact) mass is 327 g/mol. The van der Waals surface area contributed by atoms with Crippen LogP contribution in [0.1, 0.15) is 19.4 Å². The van der Waals surface area contributed by atoms with Crippen molar-refractivity contribution >= 4 is 24.3 Å². The zero-order valence-electron chi connectivity index (χ0n) is 12.9. The lowest BCUT2D eigenvalue weighted by Crippen LogP contribution is -2.56. The molecule has 2 rings (SSSR count). The number of cyclic esters (lactones) is 1. The molecule has 0 aliphatic carbocycles. The largest absolute Gasteiger partial charge is 0.469 e. The molecule has 0 radical (unpaired) electrons. The van der Waals surface area contributed by atoms with Crippen molar-refractivity contribution in [3.63, 3.8) is 0 Å². The van der Waals surface area contributed by atoms with Crippen LogP contribution in [0.3, 0.4) is 0 Å². The van der Waals surface area contributed by atoms with E-state index in [1.165, 1.54) is 7.11 Å². The van der Waals surface area contributed by atoms with Crippen LogP contribution in [0, 0.1) is 11.8 Å². The zero-order chi connectivity index (χ0) is 15.4. The number of benzene rings is 1. The maximum atomic E-state index is 12.0. The highest BCUT2D eigenvalue weighted by atomic mass is 35.5. The van der Waals surface area contributed by atoms with Crippen molar-refractivity contribution in [2.24, 2.45) is 11.8 Å². The molecule has 22 heavy (non-hydrogen) atoms. The highest BCUT2D eigenvalue weighted by molar-refractivity contribution is 5.85. The van der Waals surface area contributed by atoms with Gasteiger partial charge in [-0.2, -0.15) is 0 Å². The standard InChI is InChI=1S/C16H21NO4.ClH/c1-10-14(17-9-12-7-5-4-6-8-12)13(16(19)20-3)11(2)21-15(10)18;/h4-8,10-11,13-14,17H,9H2,1-3H3;1H. The lowest BCUT2D eigenvalue weighted by molar-refractivity contribution is -0.175. The minimum atomic E-state index is -0.494. The highest BCUT2D eigenvalue weighted by Gasteiger charge is 2.46. The van der Waals surface area contributed by atoms with Gasteiger partial charge in [-0.05, 0) is 12.5 Å². The number of hydrogen-bond donors (Lipinski definition) is 1. The first-order valence-electron chi connectivity index (χ1n) is 7.10. The molecular weight excluding hydrogens is 306 g/mol. The number of esters is 2. The van der Waals surface area contributed by atoms with Crippen LogP contribution >= 0.6 is 12.4 Å². The Morgan fingerprint density at radius 2 is 1.91 bits per heavy atom. The summed E-state index contributed by atoms with van der Waals surface area (Å²) in [6.07, 6.45) is -0.491. The van der Waals surface area contributed by atoms with Crippen molar-refractivity contribution < 1.29 is 19.1 Å². The summed E-state index contributed by atoms with van der Waals surface area (Å²) in [5, 5.41) is 3.31. The number of halogens is 1. The predicted octanol–water partition coefficient (Wildman–Crippen LogP) is 1.94. The van der Waals surface area contributed by atoms with Crippen LogP contribution in [0.15, 0.2) is 30.3 Å². The van der Waals surface area contributed by atoms with E-state index < -0.39 is 17.9 Å². The quantitative estimate of drug-likeness (QED) is 0.856. The van der Waals surface area contributed by atoms with Crippen LogP contribution in [-0.2, 0) is 25.6 Å². The van der Waals surface area contributed by atoms with Gasteiger partial charge < -0.3 is 14.8 Å². The van der Waals surface area contributed by atoms with Crippen molar-refractivity contribution in [2.75, 3.05) is 7.11 Å². The Balaban J connectivity index is 0.00000242. The van der Waals surface area contributed by atoms with Crippen LogP contribution in [0.4, 0.5) is 0 Å². The number of hydrogen-bond acceptors (Lipinski definition) is 5. The lowest BCUT2D eigenvalue weighted by atomic mass is 9.83. The molecule has 1 N–H and O–H groups in total. The maximum absolute atomic E-state index is 12.0. The molecular formula is C16H22ClNO4. The molecule has 1 aromatic carbocycles. The number of carbonyl (C=O) groups excluding carboxylic acids is 2. The van der Waals surface area contributed by atoms with Crippen LogP contribution in [0.2, 0.25) is 0 Å². The van der Waals surface area contributed by atoms with Crippen molar-refractivity contribution in [1.82, 2.24) is 5.32 Å². The number of ether oxygens (including phenoxy) is 2. The predicted molar refractivity (Wildman–Crippen MR) is 84.5 cm³/mol. The summed E-state index contributed by atoms with van der Waals surface area (Å²) >= 11 is 0. The molecule has 0 saturated carbocycles. The molecule has 0 spiro atoms. The third kappa shape index (κ3) is 3.99. The number of carbonyl (C=O) groups is 2. The molecule has 1 saturated heterocycles. The van der Waals surface area contributed by atoms with Gasteiger partial charge in [-0.1, -0.05) is 37.3 Å². The fourth-order valence-corrected chi connectivity index (χ4v) is 2.72. The molecule has 0 bridgehead atoms. The van der Waals surface area contributed by atoms with Gasteiger partial charge in [0.1, 0.15) is 12.0 Å². The molecule has 1 heterocycles. The average molecular weight is 328 g/mol. The van der Waals surface area contributed by atoms with E-state index in [4.69, 9.17) is 9.47 Å². The second kappa shape index (κ2) is 8.15. The first-order chi connectivity index (χ1) is 10.0. The Morgan fingerprint density at radius 3 is 2.50 bits per heavy atom. The molecule has 5 nitrogen and oxygen atoms in total. The third-order valence-corrected chi connectivity index (χ3v) is 3.96. The summed E-state index contributed by atoms with van der Waals surface area (Å²) in [6, 6.07) is 9.55. The van der Waals surface area contributed by atoms with Gasteiger partial charge in [0, 0.05) is 12.6 Å². The van der Waals surface area contributed by atoms with Crippen LogP contribution < -0.4 is 5.32 Å². The van der Waals surface area contributed by atoms with Gasteiger partial charge >= 0.3 is 11.9 Å². The third-order valence-electron chi connectivity index (χ3n) is 3.96. The van der Waals surface area contributed by atoms with Gasteiger partial charge in [0.15, 0.2) is 0 Å². The number of rotatable bonds is 4. The number of methoxy groups -OCH3 is 1. The summed E-state index contributed by atoms with van der Waals surface area (Å²) in [4.78, 5) is 23.9. The molecule has 4 atom stereocenters. The van der Waals surface area contributed by atoms with Gasteiger partial charge in [0.2, 0.25) is 0 Å². The second-order valence-corrected chi connectivity index (χ2v) is 5.37. The highest BCUT2D eigenvalue weighted by Crippen LogP contribution is 2.28. The molecule has 0 amide bonds. The Hall–Kier alpha value is -1.59. The van der Waals surface area contributed by atoms with E-state index in [9.17, 15) is 9.59 Å². The second-order valence-electron chi connectivity index (χ2n) is 5.37. The summed E-state index contributed by atoms with van der Waals surface area (Å²) < 4.78 is 10.1. The average Bonchev–Trinajstić information content (AvgIpc) is 2.49. The molecule has 0 aromatic heterocycles. The molecule has 122 valence electrons. The molecule has 1 aliphatic heterocycles. The van der Waals surface area contributed by atoms with Gasteiger partial charge in [-0.25, -0.2) is 0 Å². The summed E-state index contributed by atoms with van der Waals surface area (Å²) in [5.41, 5.74) is 1.10. The molecule has 4 unspecified atom stereocenters. The van der Waals surface area contributed by atoms with Crippen LogP contribution in [0.5, 0.6) is 0 Å². The minimum Gasteiger partial charge on any atom is -0.469 e. The normalized spacial score (nSPS) is 27.5. The van der Waals surface area contributed by atoms with Crippen molar-refractivity contribution in [3.8, 4) is 0 Å². The number of nitrogens with one attached hydrogen (secondary N) is 1. The summed E-state index contributed by atoms with van der Waals surface area (Å²) in [5.74, 6) is -1.53. The fraction of sp³-hybridized carbons (Fsp3) is 0.500. The van der Waals surface area contributed by atoms with Crippen molar-refractivity contribution in [1.29, 1.82) is 0 Å². The SMILES string of the molecule is COC(=O)C1C(C)OC(=O)C(C)C1NCc1ccccc1.Cl. The van der Waals surface area contributed by atoms with Crippen LogP contribution in [-0.4, -0.2) is 31.2 Å². The van der Waals surface area contributed by atoms with Crippen LogP contribution in [0.25, 0.3) is 0 Å². The van der Waals surface area contributed by atoms with E-state index in [0.717, 1.165) is 5.56 Å². The fourth-order valence-electron chi connectivity index (χ4n) is 2.72. The summed E-state index contributed by atoms with van der Waals surface area (Å²) in [7, 11) is 1.35. The zero-order valence-corrected chi connectivity index (χ0v) is 13.8. The Bertz CT molecular complexity index is 508. The van der Waals surface area contributed by atoms with Gasteiger partial charge in [-0.15, -0.1) is 12.4 Å². The van der Waals surface area contributed by atoms with E-state index in [1.54, 1.807) is 13.8 Å². The van der Waals surface area contributed by atoms with Gasteiger partial charge in [0.05, 0.1) is 13.0 Å². The first kappa shape index (κ1) is 18.5. The molecule has 1 aromatic rings. The Kier molecular flexibility index (Phi) is 6.84. The van der Waals surface area contributed by atoms with E-state index in [2.05, 4.69) is 5.32 Å². The topological polar surface area (TPSA) is 64.6 Å². The molecule has 6 heteroatoms. The summed E-state index contributed by atoms with van der Waals surface area (Å²) in [6.45, 7) is 4.08. The molecule has 1 aliphatic rings. The van der Waals surface area contributed by atoms with Gasteiger partial charge in [0.25, 0.3) is 0 Å².